The molecule has 0 spiro atoms. The van der Waals surface area contributed by atoms with Crippen molar-refractivity contribution < 1.29 is 62.2 Å². The van der Waals surface area contributed by atoms with E-state index in [1.54, 1.807) is 0 Å². The molecule has 0 fully saturated rings. The van der Waals surface area contributed by atoms with Crippen LogP contribution in [0.1, 0.15) is 2.74 Å². The van der Waals surface area contributed by atoms with Gasteiger partial charge in [0.2, 0.25) is 0 Å². The standard InChI is InChI=1S/C9H12F6N2O7P2/c10-7(11,12)4-23-26(22,24-5-8(13,14)15)9(18,25(19,20)21)3-17-2-1-16-6-17/h1-2,6,18H,3-5H2,(H2,19,20,21)/i3D2. The number of imidazole rings is 1. The Labute approximate surface area is 144 Å². The van der Waals surface area contributed by atoms with E-state index in [4.69, 9.17) is 2.74 Å². The third kappa shape index (κ3) is 6.05. The molecule has 0 aromatic carbocycles. The van der Waals surface area contributed by atoms with Gasteiger partial charge < -0.3 is 19.5 Å². The van der Waals surface area contributed by atoms with E-state index in [0.717, 1.165) is 6.20 Å². The molecule has 1 aromatic heterocycles. The van der Waals surface area contributed by atoms with Crippen LogP contribution in [0.4, 0.5) is 26.3 Å². The fourth-order valence-corrected chi connectivity index (χ4v) is 4.49. The molecule has 0 amide bonds. The lowest BCUT2D eigenvalue weighted by molar-refractivity contribution is -0.167. The Kier molecular flexibility index (Phi) is 5.78. The molecule has 9 nitrogen and oxygen atoms in total. The minimum Gasteiger partial charge on any atom is -0.366 e. The van der Waals surface area contributed by atoms with Gasteiger partial charge in [-0.05, 0) is 0 Å². The summed E-state index contributed by atoms with van der Waals surface area (Å²) in [5, 5.41) is 5.51. The van der Waals surface area contributed by atoms with Crippen LogP contribution in [0.3, 0.4) is 0 Å². The number of halogens is 6. The summed E-state index contributed by atoms with van der Waals surface area (Å²) in [6, 6.07) is 0. The van der Waals surface area contributed by atoms with Gasteiger partial charge in [-0.2, -0.15) is 26.3 Å². The van der Waals surface area contributed by atoms with Crippen molar-refractivity contribution in [2.75, 3.05) is 13.2 Å². The van der Waals surface area contributed by atoms with E-state index in [2.05, 4.69) is 14.0 Å². The van der Waals surface area contributed by atoms with E-state index in [1.165, 1.54) is 0 Å². The summed E-state index contributed by atoms with van der Waals surface area (Å²) in [6.07, 6.45) is -8.95. The van der Waals surface area contributed by atoms with Crippen molar-refractivity contribution in [1.29, 1.82) is 0 Å². The summed E-state index contributed by atoms with van der Waals surface area (Å²) in [5.74, 6) is 0. The lowest BCUT2D eigenvalue weighted by atomic mass is 10.6. The molecular formula is C9H12F6N2O7P2. The Morgan fingerprint density at radius 1 is 1.08 bits per heavy atom. The van der Waals surface area contributed by atoms with Crippen LogP contribution in [-0.2, 0) is 24.7 Å². The summed E-state index contributed by atoms with van der Waals surface area (Å²) < 4.78 is 122. The van der Waals surface area contributed by atoms with Gasteiger partial charge in [0.15, 0.2) is 13.2 Å². The van der Waals surface area contributed by atoms with Crippen LogP contribution in [0.15, 0.2) is 18.7 Å². The predicted octanol–water partition coefficient (Wildman–Crippen LogP) is 2.06. The lowest BCUT2D eigenvalue weighted by Crippen LogP contribution is -2.37. The lowest BCUT2D eigenvalue weighted by Gasteiger charge is -2.35. The van der Waals surface area contributed by atoms with Gasteiger partial charge in [0.05, 0.1) is 15.6 Å². The van der Waals surface area contributed by atoms with Gasteiger partial charge in [-0.25, -0.2) is 4.98 Å². The Morgan fingerprint density at radius 2 is 1.54 bits per heavy atom. The molecule has 0 saturated heterocycles. The van der Waals surface area contributed by atoms with E-state index < -0.39 is 52.3 Å². The molecule has 0 saturated carbocycles. The van der Waals surface area contributed by atoms with E-state index in [9.17, 15) is 50.4 Å². The molecule has 1 heterocycles. The average molecular weight is 438 g/mol. The maximum Gasteiger partial charge on any atom is 0.412 e. The molecule has 1 rings (SSSR count). The molecular weight excluding hydrogens is 424 g/mol. The fraction of sp³-hybridized carbons (Fsp3) is 0.667. The first kappa shape index (κ1) is 19.8. The van der Waals surface area contributed by atoms with E-state index >= 15 is 0 Å². The molecule has 3 N–H and O–H groups in total. The minimum atomic E-state index is -6.59. The zero-order valence-corrected chi connectivity index (χ0v) is 14.0. The molecule has 0 radical (unpaired) electrons. The number of hydrogen-bond donors (Lipinski definition) is 3. The molecule has 1 unspecified atom stereocenters. The van der Waals surface area contributed by atoms with E-state index in [0.29, 0.717) is 12.5 Å². The molecule has 17 heteroatoms. The average Bonchev–Trinajstić information content (AvgIpc) is 3.02. The summed E-state index contributed by atoms with van der Waals surface area (Å²) in [4.78, 5) is 22.0. The third-order valence-corrected chi connectivity index (χ3v) is 6.60. The molecule has 0 aliphatic heterocycles. The fourth-order valence-electron chi connectivity index (χ4n) is 1.32. The molecule has 26 heavy (non-hydrogen) atoms. The van der Waals surface area contributed by atoms with Crippen molar-refractivity contribution in [2.45, 2.75) is 23.9 Å². The Bertz CT molecular complexity index is 746. The number of nitrogens with zero attached hydrogens (tertiary/aromatic N) is 2. The van der Waals surface area contributed by atoms with Gasteiger partial charge in [-0.15, -0.1) is 0 Å². The van der Waals surface area contributed by atoms with Crippen LogP contribution in [-0.4, -0.2) is 55.1 Å². The van der Waals surface area contributed by atoms with Gasteiger partial charge in [0.25, 0.3) is 5.08 Å². The summed E-state index contributed by atoms with van der Waals surface area (Å²) in [7, 11) is -13.1. The largest absolute Gasteiger partial charge is 0.412 e. The normalized spacial score (nSPS) is 18.2. The zero-order valence-electron chi connectivity index (χ0n) is 14.2. The van der Waals surface area contributed by atoms with Crippen LogP contribution < -0.4 is 0 Å². The SMILES string of the molecule is [2H]C([2H])(n1ccnc1)C(O)(P(=O)(O)O)P(=O)(OCC(F)(F)F)OCC(F)(F)F. The summed E-state index contributed by atoms with van der Waals surface area (Å²) in [6.45, 7) is -9.36. The zero-order chi connectivity index (χ0) is 22.2. The highest BCUT2D eigenvalue weighted by Gasteiger charge is 2.64. The van der Waals surface area contributed by atoms with Crippen molar-refractivity contribution >= 4 is 15.2 Å². The molecule has 1 aromatic rings. The van der Waals surface area contributed by atoms with Gasteiger partial charge in [0.1, 0.15) is 0 Å². The Balaban J connectivity index is 3.64. The van der Waals surface area contributed by atoms with Crippen molar-refractivity contribution in [1.82, 2.24) is 9.55 Å². The van der Waals surface area contributed by atoms with Gasteiger partial charge >= 0.3 is 27.5 Å². The number of aliphatic hydroxyl groups is 1. The number of aromatic nitrogens is 2. The Morgan fingerprint density at radius 3 is 1.85 bits per heavy atom. The topological polar surface area (TPSA) is 131 Å². The third-order valence-electron chi connectivity index (χ3n) is 2.37. The van der Waals surface area contributed by atoms with Crippen LogP contribution in [0.5, 0.6) is 0 Å². The maximum absolute atomic E-state index is 12.7. The first-order valence-corrected chi connectivity index (χ1v) is 9.21. The van der Waals surface area contributed by atoms with Crippen molar-refractivity contribution in [3.63, 3.8) is 0 Å². The second kappa shape index (κ2) is 7.58. The first-order valence-electron chi connectivity index (χ1n) is 7.06. The highest BCUT2D eigenvalue weighted by molar-refractivity contribution is 7.72. The van der Waals surface area contributed by atoms with Crippen LogP contribution in [0.25, 0.3) is 0 Å². The monoisotopic (exact) mass is 438 g/mol. The first-order chi connectivity index (χ1) is 12.3. The van der Waals surface area contributed by atoms with Crippen molar-refractivity contribution in [3.8, 4) is 0 Å². The molecule has 0 bridgehead atoms. The number of hydrogen-bond acceptors (Lipinski definition) is 6. The van der Waals surface area contributed by atoms with Crippen molar-refractivity contribution in [3.05, 3.63) is 18.7 Å². The number of rotatable bonds is 8. The second-order valence-electron chi connectivity index (χ2n) is 4.54. The maximum atomic E-state index is 12.7. The molecule has 152 valence electrons. The van der Waals surface area contributed by atoms with E-state index in [-0.39, 0.29) is 4.57 Å². The van der Waals surface area contributed by atoms with Crippen LogP contribution in [0.2, 0.25) is 0 Å². The van der Waals surface area contributed by atoms with E-state index in [1.807, 2.05) is 0 Å². The molecule has 0 aliphatic carbocycles. The quantitative estimate of drug-likeness (QED) is 0.415. The van der Waals surface area contributed by atoms with Gasteiger partial charge in [-0.1, -0.05) is 0 Å². The summed E-state index contributed by atoms with van der Waals surface area (Å²) in [5.41, 5.74) is 0. The molecule has 1 atom stereocenters. The molecule has 0 aliphatic rings. The highest BCUT2D eigenvalue weighted by atomic mass is 31.2. The second-order valence-corrected chi connectivity index (χ2v) is 8.78. The Hall–Kier alpha value is -0.950. The van der Waals surface area contributed by atoms with Crippen LogP contribution >= 0.6 is 15.2 Å². The van der Waals surface area contributed by atoms with Gasteiger partial charge in [0, 0.05) is 12.4 Å². The van der Waals surface area contributed by atoms with Gasteiger partial charge in [-0.3, -0.25) is 18.2 Å². The van der Waals surface area contributed by atoms with Crippen molar-refractivity contribution in [2.24, 2.45) is 0 Å². The summed E-state index contributed by atoms with van der Waals surface area (Å²) >= 11 is 0. The highest BCUT2D eigenvalue weighted by Crippen LogP contribution is 2.73. The predicted molar refractivity (Wildman–Crippen MR) is 70.8 cm³/mol. The number of alkyl halides is 6. The van der Waals surface area contributed by atoms with Crippen LogP contribution in [0, 0.1) is 0 Å². The minimum absolute atomic E-state index is 0.0483. The smallest absolute Gasteiger partial charge is 0.366 e.